The van der Waals surface area contributed by atoms with Gasteiger partial charge in [-0.3, -0.25) is 0 Å². The van der Waals surface area contributed by atoms with Gasteiger partial charge in [0.2, 0.25) is 5.88 Å². The summed E-state index contributed by atoms with van der Waals surface area (Å²) in [6, 6.07) is 7.30. The highest BCUT2D eigenvalue weighted by atomic mass is 35.5. The molecule has 0 radical (unpaired) electrons. The second-order valence-electron chi connectivity index (χ2n) is 3.79. The molecule has 18 heavy (non-hydrogen) atoms. The maximum absolute atomic E-state index is 8.87. The summed E-state index contributed by atoms with van der Waals surface area (Å²) < 4.78 is 5.68. The molecule has 1 aromatic heterocycles. The van der Waals surface area contributed by atoms with Crippen LogP contribution in [0.15, 0.2) is 24.5 Å². The van der Waals surface area contributed by atoms with Crippen LogP contribution in [0.25, 0.3) is 0 Å². The van der Waals surface area contributed by atoms with Gasteiger partial charge in [-0.2, -0.15) is 5.26 Å². The Balaban J connectivity index is 2.40. The highest BCUT2D eigenvalue weighted by Crippen LogP contribution is 2.28. The molecule has 2 rings (SSSR count). The first-order valence-corrected chi connectivity index (χ1v) is 5.65. The standard InChI is InChI=1S/C13H10ClN3O/c1-8-3-4-10(6-15)5-11(8)18-13-9(2)12(14)16-7-17-13/h3-5,7H,1-2H3. The van der Waals surface area contributed by atoms with E-state index in [2.05, 4.69) is 16.0 Å². The highest BCUT2D eigenvalue weighted by Gasteiger charge is 2.09. The van der Waals surface area contributed by atoms with Gasteiger partial charge in [-0.05, 0) is 31.5 Å². The minimum absolute atomic E-state index is 0.356. The molecule has 0 aliphatic carbocycles. The van der Waals surface area contributed by atoms with Crippen LogP contribution >= 0.6 is 11.6 Å². The van der Waals surface area contributed by atoms with Crippen LogP contribution in [0, 0.1) is 25.2 Å². The molecule has 0 amide bonds. The number of benzene rings is 1. The van der Waals surface area contributed by atoms with E-state index in [0.717, 1.165) is 5.56 Å². The number of rotatable bonds is 2. The quantitative estimate of drug-likeness (QED) is 0.776. The van der Waals surface area contributed by atoms with Crippen LogP contribution in [0.5, 0.6) is 11.6 Å². The fraction of sp³-hybridized carbons (Fsp3) is 0.154. The summed E-state index contributed by atoms with van der Waals surface area (Å²) in [5, 5.41) is 9.22. The summed E-state index contributed by atoms with van der Waals surface area (Å²) in [6.07, 6.45) is 1.34. The van der Waals surface area contributed by atoms with Gasteiger partial charge < -0.3 is 4.74 Å². The number of hydrogen-bond donors (Lipinski definition) is 0. The molecule has 0 spiro atoms. The van der Waals surface area contributed by atoms with Gasteiger partial charge in [-0.15, -0.1) is 0 Å². The van der Waals surface area contributed by atoms with E-state index >= 15 is 0 Å². The zero-order valence-electron chi connectivity index (χ0n) is 9.94. The van der Waals surface area contributed by atoms with Crippen molar-refractivity contribution < 1.29 is 4.74 Å². The molecule has 0 saturated heterocycles. The number of aryl methyl sites for hydroxylation is 1. The fourth-order valence-electron chi connectivity index (χ4n) is 1.40. The molecule has 0 N–H and O–H groups in total. The second-order valence-corrected chi connectivity index (χ2v) is 4.15. The lowest BCUT2D eigenvalue weighted by atomic mass is 10.1. The first-order valence-electron chi connectivity index (χ1n) is 5.27. The molecule has 0 aliphatic rings. The first-order chi connectivity index (χ1) is 8.61. The van der Waals surface area contributed by atoms with Crippen LogP contribution < -0.4 is 4.74 Å². The summed E-state index contributed by atoms with van der Waals surface area (Å²) in [7, 11) is 0. The summed E-state index contributed by atoms with van der Waals surface area (Å²) in [6.45, 7) is 3.68. The Kier molecular flexibility index (Phi) is 3.45. The Labute approximate surface area is 110 Å². The normalized spacial score (nSPS) is 9.89. The van der Waals surface area contributed by atoms with Gasteiger partial charge in [0.05, 0.1) is 11.6 Å². The SMILES string of the molecule is Cc1ccc(C#N)cc1Oc1ncnc(Cl)c1C. The monoisotopic (exact) mass is 259 g/mol. The predicted molar refractivity (Wildman–Crippen MR) is 67.7 cm³/mol. The third-order valence-corrected chi connectivity index (χ3v) is 2.88. The molecule has 0 aliphatic heterocycles. The highest BCUT2D eigenvalue weighted by molar-refractivity contribution is 6.30. The Morgan fingerprint density at radius 1 is 1.28 bits per heavy atom. The van der Waals surface area contributed by atoms with E-state index < -0.39 is 0 Å². The number of nitrogens with zero attached hydrogens (tertiary/aromatic N) is 3. The Hall–Kier alpha value is -2.12. The molecule has 5 heteroatoms. The number of nitriles is 1. The minimum atomic E-state index is 0.356. The average molecular weight is 260 g/mol. The number of halogens is 1. The largest absolute Gasteiger partial charge is 0.438 e. The number of hydrogen-bond acceptors (Lipinski definition) is 4. The average Bonchev–Trinajstić information content (AvgIpc) is 2.37. The molecule has 90 valence electrons. The van der Waals surface area contributed by atoms with Crippen molar-refractivity contribution in [1.29, 1.82) is 5.26 Å². The smallest absolute Gasteiger partial charge is 0.226 e. The van der Waals surface area contributed by atoms with Gasteiger partial charge in [0.25, 0.3) is 0 Å². The van der Waals surface area contributed by atoms with Crippen molar-refractivity contribution in [2.75, 3.05) is 0 Å². The van der Waals surface area contributed by atoms with Gasteiger partial charge in [0, 0.05) is 5.56 Å². The maximum atomic E-state index is 8.87. The zero-order valence-corrected chi connectivity index (χ0v) is 10.7. The summed E-state index contributed by atoms with van der Waals surface area (Å²) in [4.78, 5) is 7.89. The van der Waals surface area contributed by atoms with Gasteiger partial charge in [-0.25, -0.2) is 9.97 Å². The molecular formula is C13H10ClN3O. The molecule has 0 bridgehead atoms. The molecule has 0 atom stereocenters. The Bertz CT molecular complexity index is 635. The zero-order chi connectivity index (χ0) is 13.1. The number of ether oxygens (including phenoxy) is 1. The predicted octanol–water partition coefficient (Wildman–Crippen LogP) is 3.41. The van der Waals surface area contributed by atoms with E-state index in [4.69, 9.17) is 21.6 Å². The summed E-state index contributed by atoms with van der Waals surface area (Å²) in [5.74, 6) is 0.986. The van der Waals surface area contributed by atoms with Crippen molar-refractivity contribution in [2.24, 2.45) is 0 Å². The third kappa shape index (κ3) is 2.41. The summed E-state index contributed by atoms with van der Waals surface area (Å²) in [5.41, 5.74) is 2.12. The fourth-order valence-corrected chi connectivity index (χ4v) is 1.53. The minimum Gasteiger partial charge on any atom is -0.438 e. The van der Waals surface area contributed by atoms with E-state index in [0.29, 0.717) is 27.9 Å². The van der Waals surface area contributed by atoms with E-state index in [1.807, 2.05) is 13.0 Å². The molecule has 4 nitrogen and oxygen atoms in total. The topological polar surface area (TPSA) is 58.8 Å². The first kappa shape index (κ1) is 12.3. The Morgan fingerprint density at radius 3 is 2.78 bits per heavy atom. The van der Waals surface area contributed by atoms with Gasteiger partial charge in [0.1, 0.15) is 17.2 Å². The van der Waals surface area contributed by atoms with Crippen molar-refractivity contribution in [1.82, 2.24) is 9.97 Å². The van der Waals surface area contributed by atoms with Gasteiger partial charge >= 0.3 is 0 Å². The molecule has 1 heterocycles. The maximum Gasteiger partial charge on any atom is 0.226 e. The van der Waals surface area contributed by atoms with Crippen LogP contribution in [-0.4, -0.2) is 9.97 Å². The lowest BCUT2D eigenvalue weighted by molar-refractivity contribution is 0.454. The molecule has 0 fully saturated rings. The van der Waals surface area contributed by atoms with Gasteiger partial charge in [-0.1, -0.05) is 17.7 Å². The lowest BCUT2D eigenvalue weighted by Crippen LogP contribution is -1.95. The number of aromatic nitrogens is 2. The van der Waals surface area contributed by atoms with E-state index in [-0.39, 0.29) is 0 Å². The van der Waals surface area contributed by atoms with Crippen LogP contribution in [-0.2, 0) is 0 Å². The summed E-state index contributed by atoms with van der Waals surface area (Å²) >= 11 is 5.89. The van der Waals surface area contributed by atoms with Crippen LogP contribution in [0.4, 0.5) is 0 Å². The van der Waals surface area contributed by atoms with Gasteiger partial charge in [0.15, 0.2) is 0 Å². The molecule has 0 unspecified atom stereocenters. The van der Waals surface area contributed by atoms with Crippen LogP contribution in [0.1, 0.15) is 16.7 Å². The molecule has 2 aromatic rings. The van der Waals surface area contributed by atoms with Crippen molar-refractivity contribution in [2.45, 2.75) is 13.8 Å². The second kappa shape index (κ2) is 5.03. The van der Waals surface area contributed by atoms with Crippen molar-refractivity contribution in [3.8, 4) is 17.7 Å². The lowest BCUT2D eigenvalue weighted by Gasteiger charge is -2.10. The van der Waals surface area contributed by atoms with Crippen molar-refractivity contribution in [3.05, 3.63) is 46.4 Å². The van der Waals surface area contributed by atoms with E-state index in [9.17, 15) is 0 Å². The van der Waals surface area contributed by atoms with Crippen LogP contribution in [0.3, 0.4) is 0 Å². The molecular weight excluding hydrogens is 250 g/mol. The van der Waals surface area contributed by atoms with Crippen molar-refractivity contribution in [3.63, 3.8) is 0 Å². The molecule has 1 aromatic carbocycles. The van der Waals surface area contributed by atoms with Crippen LogP contribution in [0.2, 0.25) is 5.15 Å². The van der Waals surface area contributed by atoms with E-state index in [1.165, 1.54) is 6.33 Å². The third-order valence-electron chi connectivity index (χ3n) is 2.50. The van der Waals surface area contributed by atoms with Crippen molar-refractivity contribution >= 4 is 11.6 Å². The molecule has 0 saturated carbocycles. The Morgan fingerprint density at radius 2 is 2.06 bits per heavy atom. The van der Waals surface area contributed by atoms with E-state index in [1.54, 1.807) is 19.1 Å².